The van der Waals surface area contributed by atoms with Crippen molar-refractivity contribution < 1.29 is 12.6 Å². The molecule has 0 amide bonds. The van der Waals surface area contributed by atoms with Crippen LogP contribution in [0.15, 0.2) is 34.1 Å². The molecule has 4 nitrogen and oxygen atoms in total. The fraction of sp³-hybridized carbons (Fsp3) is 0.400. The highest BCUT2D eigenvalue weighted by Crippen LogP contribution is 2.13. The Kier molecular flexibility index (Phi) is 4.64. The highest BCUT2D eigenvalue weighted by Gasteiger charge is 2.08. The summed E-state index contributed by atoms with van der Waals surface area (Å²) in [7, 11) is -4.27. The second-order valence-corrected chi connectivity index (χ2v) is 7.02. The summed E-state index contributed by atoms with van der Waals surface area (Å²) in [4.78, 5) is 0.882. The standard InChI is InChI=1S/C10H15NO3S2/c1-16(13,14)10-5-3-9(4-6-10)15(12)8-2-7-11/h3-6H,2,7-8,11H2,1H3. The largest absolute Gasteiger partial charge is 0.330 e. The maximum Gasteiger partial charge on any atom is 0.175 e. The van der Waals surface area contributed by atoms with Crippen LogP contribution >= 0.6 is 0 Å². The number of rotatable bonds is 5. The minimum atomic E-state index is -3.18. The Morgan fingerprint density at radius 3 is 2.25 bits per heavy atom. The second kappa shape index (κ2) is 5.56. The lowest BCUT2D eigenvalue weighted by molar-refractivity contribution is 0.601. The lowest BCUT2D eigenvalue weighted by Crippen LogP contribution is -2.06. The van der Waals surface area contributed by atoms with E-state index in [4.69, 9.17) is 5.73 Å². The summed E-state index contributed by atoms with van der Waals surface area (Å²) in [5.41, 5.74) is 5.32. The van der Waals surface area contributed by atoms with E-state index >= 15 is 0 Å². The molecule has 0 aliphatic heterocycles. The fourth-order valence-electron chi connectivity index (χ4n) is 1.17. The van der Waals surface area contributed by atoms with Gasteiger partial charge in [-0.05, 0) is 37.2 Å². The first-order valence-electron chi connectivity index (χ1n) is 4.83. The van der Waals surface area contributed by atoms with E-state index < -0.39 is 20.6 Å². The van der Waals surface area contributed by atoms with Crippen molar-refractivity contribution >= 4 is 20.6 Å². The molecule has 16 heavy (non-hydrogen) atoms. The van der Waals surface area contributed by atoms with Gasteiger partial charge in [-0.15, -0.1) is 0 Å². The molecule has 6 heteroatoms. The van der Waals surface area contributed by atoms with Crippen LogP contribution in [-0.2, 0) is 20.6 Å². The zero-order chi connectivity index (χ0) is 12.2. The topological polar surface area (TPSA) is 77.2 Å². The molecular weight excluding hydrogens is 246 g/mol. The number of hydrogen-bond acceptors (Lipinski definition) is 4. The van der Waals surface area contributed by atoms with E-state index in [2.05, 4.69) is 0 Å². The first-order chi connectivity index (χ1) is 7.45. The SMILES string of the molecule is CS(=O)(=O)c1ccc(S(=O)CCCN)cc1. The van der Waals surface area contributed by atoms with Gasteiger partial charge in [-0.25, -0.2) is 8.42 Å². The molecule has 1 aromatic carbocycles. The highest BCUT2D eigenvalue weighted by atomic mass is 32.2. The van der Waals surface area contributed by atoms with Gasteiger partial charge in [0.1, 0.15) is 0 Å². The van der Waals surface area contributed by atoms with Crippen molar-refractivity contribution in [2.75, 3.05) is 18.6 Å². The molecule has 1 unspecified atom stereocenters. The maximum atomic E-state index is 11.7. The Balaban J connectivity index is 2.83. The molecule has 0 aliphatic carbocycles. The van der Waals surface area contributed by atoms with Crippen molar-refractivity contribution in [2.45, 2.75) is 16.2 Å². The zero-order valence-electron chi connectivity index (χ0n) is 9.05. The fourth-order valence-corrected chi connectivity index (χ4v) is 2.91. The monoisotopic (exact) mass is 261 g/mol. The molecule has 1 atom stereocenters. The third kappa shape index (κ3) is 3.70. The minimum Gasteiger partial charge on any atom is -0.330 e. The van der Waals surface area contributed by atoms with E-state index in [0.717, 1.165) is 6.26 Å². The van der Waals surface area contributed by atoms with E-state index in [9.17, 15) is 12.6 Å². The van der Waals surface area contributed by atoms with Crippen LogP contribution in [0.4, 0.5) is 0 Å². The molecule has 0 aliphatic rings. The summed E-state index contributed by atoms with van der Waals surface area (Å²) in [6.07, 6.45) is 1.84. The molecule has 0 spiro atoms. The third-order valence-corrected chi connectivity index (χ3v) is 4.63. The van der Waals surface area contributed by atoms with E-state index in [1.807, 2.05) is 0 Å². The molecule has 0 heterocycles. The number of nitrogens with two attached hydrogens (primary N) is 1. The maximum absolute atomic E-state index is 11.7. The molecular formula is C10H15NO3S2. The lowest BCUT2D eigenvalue weighted by atomic mass is 10.4. The quantitative estimate of drug-likeness (QED) is 0.839. The van der Waals surface area contributed by atoms with Gasteiger partial charge in [-0.1, -0.05) is 0 Å². The van der Waals surface area contributed by atoms with Crippen LogP contribution in [0.25, 0.3) is 0 Å². The van der Waals surface area contributed by atoms with Crippen LogP contribution in [0.2, 0.25) is 0 Å². The first-order valence-corrected chi connectivity index (χ1v) is 8.05. The molecule has 90 valence electrons. The van der Waals surface area contributed by atoms with Crippen LogP contribution in [0.5, 0.6) is 0 Å². The zero-order valence-corrected chi connectivity index (χ0v) is 10.7. The third-order valence-electron chi connectivity index (χ3n) is 2.05. The molecule has 0 fully saturated rings. The van der Waals surface area contributed by atoms with Crippen molar-refractivity contribution in [1.82, 2.24) is 0 Å². The average molecular weight is 261 g/mol. The van der Waals surface area contributed by atoms with Crippen molar-refractivity contribution in [2.24, 2.45) is 5.73 Å². The summed E-state index contributed by atoms with van der Waals surface area (Å²) >= 11 is 0. The van der Waals surface area contributed by atoms with Crippen LogP contribution in [-0.4, -0.2) is 31.2 Å². The molecule has 0 bridgehead atoms. The van der Waals surface area contributed by atoms with E-state index in [1.165, 1.54) is 12.1 Å². The molecule has 1 aromatic rings. The Morgan fingerprint density at radius 2 is 1.81 bits per heavy atom. The van der Waals surface area contributed by atoms with Crippen molar-refractivity contribution in [3.63, 3.8) is 0 Å². The normalized spacial score (nSPS) is 13.6. The summed E-state index contributed by atoms with van der Waals surface area (Å²) in [5.74, 6) is 0.509. The molecule has 2 N–H and O–H groups in total. The first kappa shape index (κ1) is 13.3. The molecule has 1 rings (SSSR count). The van der Waals surface area contributed by atoms with Gasteiger partial charge >= 0.3 is 0 Å². The van der Waals surface area contributed by atoms with E-state index in [1.54, 1.807) is 12.1 Å². The molecule has 0 saturated carbocycles. The van der Waals surface area contributed by atoms with Gasteiger partial charge in [0.15, 0.2) is 9.84 Å². The summed E-state index contributed by atoms with van der Waals surface area (Å²) in [6, 6.07) is 6.13. The predicted octanol–water partition coefficient (Wildman–Crippen LogP) is 0.546. The van der Waals surface area contributed by atoms with Gasteiger partial charge in [-0.3, -0.25) is 4.21 Å². The number of benzene rings is 1. The van der Waals surface area contributed by atoms with Gasteiger partial charge in [0.2, 0.25) is 0 Å². The summed E-state index contributed by atoms with van der Waals surface area (Å²) < 4.78 is 34.1. The minimum absolute atomic E-state index is 0.243. The Labute approximate surface area is 98.2 Å². The highest BCUT2D eigenvalue weighted by molar-refractivity contribution is 7.90. The Bertz CT molecular complexity index is 465. The van der Waals surface area contributed by atoms with Crippen LogP contribution in [0, 0.1) is 0 Å². The average Bonchev–Trinajstić information content (AvgIpc) is 2.25. The van der Waals surface area contributed by atoms with Gasteiger partial charge in [0.05, 0.1) is 15.7 Å². The summed E-state index contributed by atoms with van der Waals surface area (Å²) in [6.45, 7) is 0.507. The number of hydrogen-bond donors (Lipinski definition) is 1. The van der Waals surface area contributed by atoms with Crippen LogP contribution in [0.1, 0.15) is 6.42 Å². The van der Waals surface area contributed by atoms with Crippen LogP contribution in [0.3, 0.4) is 0 Å². The predicted molar refractivity (Wildman–Crippen MR) is 64.5 cm³/mol. The Hall–Kier alpha value is -0.720. The number of sulfone groups is 1. The summed E-state index contributed by atoms with van der Waals surface area (Å²) in [5, 5.41) is 0. The molecule has 0 radical (unpaired) electrons. The van der Waals surface area contributed by atoms with Gasteiger partial charge in [0.25, 0.3) is 0 Å². The van der Waals surface area contributed by atoms with Gasteiger partial charge in [0, 0.05) is 16.9 Å². The van der Waals surface area contributed by atoms with Crippen molar-refractivity contribution in [3.8, 4) is 0 Å². The lowest BCUT2D eigenvalue weighted by Gasteiger charge is -2.02. The van der Waals surface area contributed by atoms with E-state index in [0.29, 0.717) is 23.6 Å². The smallest absolute Gasteiger partial charge is 0.175 e. The van der Waals surface area contributed by atoms with Crippen molar-refractivity contribution in [1.29, 1.82) is 0 Å². The van der Waals surface area contributed by atoms with Gasteiger partial charge < -0.3 is 5.73 Å². The van der Waals surface area contributed by atoms with Crippen molar-refractivity contribution in [3.05, 3.63) is 24.3 Å². The Morgan fingerprint density at radius 1 is 1.25 bits per heavy atom. The van der Waals surface area contributed by atoms with Gasteiger partial charge in [-0.2, -0.15) is 0 Å². The second-order valence-electron chi connectivity index (χ2n) is 3.44. The molecule has 0 aromatic heterocycles. The molecule has 0 saturated heterocycles. The van der Waals surface area contributed by atoms with Crippen LogP contribution < -0.4 is 5.73 Å². The van der Waals surface area contributed by atoms with E-state index in [-0.39, 0.29) is 4.90 Å².